The van der Waals surface area contributed by atoms with Crippen molar-refractivity contribution in [3.05, 3.63) is 28.8 Å². The SMILES string of the molecule is CC1(C)C(NC(=O)c2ccc(Cl)c(N)c2)C1(C)C. The molecular weight excluding hydrogens is 248 g/mol. The fraction of sp³-hybridized carbons (Fsp3) is 0.500. The van der Waals surface area contributed by atoms with Gasteiger partial charge in [-0.3, -0.25) is 4.79 Å². The van der Waals surface area contributed by atoms with Gasteiger partial charge in [0.1, 0.15) is 0 Å². The van der Waals surface area contributed by atoms with E-state index in [1.165, 1.54) is 0 Å². The van der Waals surface area contributed by atoms with Crippen LogP contribution >= 0.6 is 11.6 Å². The topological polar surface area (TPSA) is 55.1 Å². The number of anilines is 1. The van der Waals surface area contributed by atoms with Gasteiger partial charge in [-0.05, 0) is 29.0 Å². The third-order valence-corrected chi connectivity index (χ3v) is 4.90. The number of halogens is 1. The van der Waals surface area contributed by atoms with E-state index >= 15 is 0 Å². The second-order valence-corrected chi connectivity index (χ2v) is 6.49. The van der Waals surface area contributed by atoms with Gasteiger partial charge in [-0.2, -0.15) is 0 Å². The quantitative estimate of drug-likeness (QED) is 0.809. The zero-order chi connectivity index (χ0) is 13.7. The maximum absolute atomic E-state index is 12.1. The van der Waals surface area contributed by atoms with Gasteiger partial charge in [-0.25, -0.2) is 0 Å². The minimum Gasteiger partial charge on any atom is -0.398 e. The third kappa shape index (κ3) is 1.87. The van der Waals surface area contributed by atoms with Crippen LogP contribution in [0.25, 0.3) is 0 Å². The van der Waals surface area contributed by atoms with Crippen molar-refractivity contribution in [2.75, 3.05) is 5.73 Å². The summed E-state index contributed by atoms with van der Waals surface area (Å²) < 4.78 is 0. The summed E-state index contributed by atoms with van der Waals surface area (Å²) in [5.74, 6) is -0.0954. The Morgan fingerprint density at radius 1 is 1.28 bits per heavy atom. The number of rotatable bonds is 2. The first-order valence-corrected chi connectivity index (χ1v) is 6.41. The lowest BCUT2D eigenvalue weighted by Crippen LogP contribution is -2.29. The van der Waals surface area contributed by atoms with Crippen LogP contribution in [-0.4, -0.2) is 11.9 Å². The highest BCUT2D eigenvalue weighted by Gasteiger charge is 2.65. The molecule has 0 bridgehead atoms. The number of carbonyl (C=O) groups is 1. The Labute approximate surface area is 113 Å². The van der Waals surface area contributed by atoms with Crippen LogP contribution in [0.2, 0.25) is 5.02 Å². The van der Waals surface area contributed by atoms with Crippen LogP contribution in [0.4, 0.5) is 5.69 Å². The summed E-state index contributed by atoms with van der Waals surface area (Å²) in [7, 11) is 0. The summed E-state index contributed by atoms with van der Waals surface area (Å²) in [6, 6.07) is 5.14. The molecule has 0 atom stereocenters. The minimum atomic E-state index is -0.0954. The average molecular weight is 267 g/mol. The van der Waals surface area contributed by atoms with Crippen molar-refractivity contribution >= 4 is 23.2 Å². The molecule has 0 radical (unpaired) electrons. The molecule has 1 saturated carbocycles. The van der Waals surface area contributed by atoms with E-state index in [1.807, 2.05) is 0 Å². The molecule has 3 nitrogen and oxygen atoms in total. The molecule has 1 aromatic rings. The van der Waals surface area contributed by atoms with Crippen molar-refractivity contribution in [2.45, 2.75) is 33.7 Å². The Hall–Kier alpha value is -1.22. The van der Waals surface area contributed by atoms with Gasteiger partial charge in [0.2, 0.25) is 0 Å². The van der Waals surface area contributed by atoms with Gasteiger partial charge in [0.05, 0.1) is 10.7 Å². The molecular formula is C14H19ClN2O. The first-order chi connectivity index (χ1) is 8.18. The molecule has 1 aromatic carbocycles. The van der Waals surface area contributed by atoms with Crippen LogP contribution in [0.3, 0.4) is 0 Å². The van der Waals surface area contributed by atoms with Crippen LogP contribution in [0.15, 0.2) is 18.2 Å². The average Bonchev–Trinajstić information content (AvgIpc) is 2.65. The first kappa shape index (κ1) is 13.2. The summed E-state index contributed by atoms with van der Waals surface area (Å²) in [5, 5.41) is 3.53. The number of nitrogens with two attached hydrogens (primary N) is 1. The Morgan fingerprint density at radius 2 is 1.83 bits per heavy atom. The molecule has 0 aromatic heterocycles. The molecule has 98 valence electrons. The highest BCUT2D eigenvalue weighted by molar-refractivity contribution is 6.33. The number of nitrogen functional groups attached to an aromatic ring is 1. The lowest BCUT2D eigenvalue weighted by Gasteiger charge is -2.08. The van der Waals surface area contributed by atoms with E-state index in [1.54, 1.807) is 18.2 Å². The van der Waals surface area contributed by atoms with E-state index in [0.717, 1.165) is 0 Å². The molecule has 1 fully saturated rings. The Balaban J connectivity index is 2.12. The Bertz CT molecular complexity index is 495. The van der Waals surface area contributed by atoms with Crippen molar-refractivity contribution < 1.29 is 4.79 Å². The maximum atomic E-state index is 12.1. The number of nitrogens with one attached hydrogen (secondary N) is 1. The summed E-state index contributed by atoms with van der Waals surface area (Å²) in [6.45, 7) is 8.64. The summed E-state index contributed by atoms with van der Waals surface area (Å²) in [4.78, 5) is 12.1. The van der Waals surface area contributed by atoms with Gasteiger partial charge >= 0.3 is 0 Å². The van der Waals surface area contributed by atoms with Crippen LogP contribution in [0.5, 0.6) is 0 Å². The minimum absolute atomic E-state index is 0.0954. The Morgan fingerprint density at radius 3 is 2.28 bits per heavy atom. The number of benzene rings is 1. The number of carbonyl (C=O) groups excluding carboxylic acids is 1. The van der Waals surface area contributed by atoms with E-state index in [0.29, 0.717) is 16.3 Å². The van der Waals surface area contributed by atoms with Crippen molar-refractivity contribution in [1.29, 1.82) is 0 Å². The normalized spacial score (nSPS) is 20.5. The fourth-order valence-electron chi connectivity index (χ4n) is 2.46. The smallest absolute Gasteiger partial charge is 0.251 e. The molecule has 1 aliphatic rings. The van der Waals surface area contributed by atoms with Crippen LogP contribution < -0.4 is 11.1 Å². The molecule has 3 N–H and O–H groups in total. The summed E-state index contributed by atoms with van der Waals surface area (Å²) >= 11 is 5.84. The predicted octanol–water partition coefficient (Wildman–Crippen LogP) is 3.09. The van der Waals surface area contributed by atoms with E-state index in [2.05, 4.69) is 33.0 Å². The molecule has 2 rings (SSSR count). The molecule has 0 saturated heterocycles. The first-order valence-electron chi connectivity index (χ1n) is 6.04. The molecule has 0 heterocycles. The molecule has 1 amide bonds. The largest absolute Gasteiger partial charge is 0.398 e. The van der Waals surface area contributed by atoms with E-state index in [-0.39, 0.29) is 22.8 Å². The Kier molecular flexibility index (Phi) is 2.85. The van der Waals surface area contributed by atoms with Gasteiger partial charge in [0, 0.05) is 11.6 Å². The van der Waals surface area contributed by atoms with E-state index in [4.69, 9.17) is 17.3 Å². The zero-order valence-electron chi connectivity index (χ0n) is 11.2. The highest BCUT2D eigenvalue weighted by Crippen LogP contribution is 2.62. The van der Waals surface area contributed by atoms with Gasteiger partial charge in [0.15, 0.2) is 0 Å². The zero-order valence-corrected chi connectivity index (χ0v) is 11.9. The van der Waals surface area contributed by atoms with Crippen molar-refractivity contribution in [1.82, 2.24) is 5.32 Å². The molecule has 18 heavy (non-hydrogen) atoms. The molecule has 0 spiro atoms. The standard InChI is InChI=1S/C14H19ClN2O/c1-13(2)12(14(13,3)4)17-11(18)8-5-6-9(15)10(16)7-8/h5-7,12H,16H2,1-4H3,(H,17,18). The van der Waals surface area contributed by atoms with Gasteiger partial charge in [-0.1, -0.05) is 39.3 Å². The molecule has 0 aliphatic heterocycles. The van der Waals surface area contributed by atoms with Crippen molar-refractivity contribution in [3.8, 4) is 0 Å². The van der Waals surface area contributed by atoms with Gasteiger partial charge in [0.25, 0.3) is 5.91 Å². The van der Waals surface area contributed by atoms with Crippen LogP contribution in [0.1, 0.15) is 38.1 Å². The lowest BCUT2D eigenvalue weighted by atomic mass is 10.0. The number of amides is 1. The van der Waals surface area contributed by atoms with E-state index in [9.17, 15) is 4.79 Å². The summed E-state index contributed by atoms with van der Waals surface area (Å²) in [5.41, 5.74) is 6.93. The second kappa shape index (κ2) is 3.89. The maximum Gasteiger partial charge on any atom is 0.251 e. The highest BCUT2D eigenvalue weighted by atomic mass is 35.5. The van der Waals surface area contributed by atoms with Gasteiger partial charge in [-0.15, -0.1) is 0 Å². The second-order valence-electron chi connectivity index (χ2n) is 6.09. The molecule has 4 heteroatoms. The van der Waals surface area contributed by atoms with Crippen LogP contribution in [0, 0.1) is 10.8 Å². The van der Waals surface area contributed by atoms with Crippen molar-refractivity contribution in [3.63, 3.8) is 0 Å². The lowest BCUT2D eigenvalue weighted by molar-refractivity contribution is 0.0943. The third-order valence-electron chi connectivity index (χ3n) is 4.55. The van der Waals surface area contributed by atoms with Gasteiger partial charge < -0.3 is 11.1 Å². The number of hydrogen-bond acceptors (Lipinski definition) is 2. The fourth-order valence-corrected chi connectivity index (χ4v) is 2.57. The predicted molar refractivity (Wildman–Crippen MR) is 74.7 cm³/mol. The molecule has 1 aliphatic carbocycles. The van der Waals surface area contributed by atoms with Crippen molar-refractivity contribution in [2.24, 2.45) is 10.8 Å². The summed E-state index contributed by atoms with van der Waals surface area (Å²) in [6.07, 6.45) is 0. The molecule has 0 unspecified atom stereocenters. The van der Waals surface area contributed by atoms with E-state index < -0.39 is 0 Å². The number of hydrogen-bond donors (Lipinski definition) is 2. The monoisotopic (exact) mass is 266 g/mol. The van der Waals surface area contributed by atoms with Crippen LogP contribution in [-0.2, 0) is 0 Å².